The number of hydrogen-bond acceptors (Lipinski definition) is 4. The van der Waals surface area contributed by atoms with Gasteiger partial charge in [-0.15, -0.1) is 0 Å². The molecule has 0 heterocycles. The molecule has 0 fully saturated rings. The van der Waals surface area contributed by atoms with E-state index in [0.29, 0.717) is 33.0 Å². The molecule has 1 aromatic carbocycles. The van der Waals surface area contributed by atoms with E-state index in [2.05, 4.69) is 17.4 Å². The van der Waals surface area contributed by atoms with Crippen molar-refractivity contribution in [3.05, 3.63) is 35.9 Å². The summed E-state index contributed by atoms with van der Waals surface area (Å²) in [5.74, 6) is 0. The molecule has 0 aliphatic carbocycles. The Hall–Kier alpha value is -0.940. The normalized spacial score (nSPS) is 14.3. The Morgan fingerprint density at radius 1 is 1.05 bits per heavy atom. The van der Waals surface area contributed by atoms with E-state index >= 15 is 0 Å². The smallest absolute Gasteiger partial charge is 0.0948 e. The summed E-state index contributed by atoms with van der Waals surface area (Å²) in [6.07, 6.45) is -0.560. The molecular formula is C15H25NO3. The molecule has 2 atom stereocenters. The number of aliphatic hydroxyl groups excluding tert-OH is 1. The van der Waals surface area contributed by atoms with Crippen LogP contribution in [0.2, 0.25) is 0 Å². The largest absolute Gasteiger partial charge is 0.389 e. The molecule has 2 N–H and O–H groups in total. The van der Waals surface area contributed by atoms with Crippen molar-refractivity contribution in [2.24, 2.45) is 0 Å². The van der Waals surface area contributed by atoms with Gasteiger partial charge >= 0.3 is 0 Å². The Balaban J connectivity index is 2.44. The molecule has 4 nitrogen and oxygen atoms in total. The Morgan fingerprint density at radius 3 is 2.32 bits per heavy atom. The lowest BCUT2D eigenvalue weighted by Gasteiger charge is -2.24. The maximum absolute atomic E-state index is 10.1. The zero-order valence-corrected chi connectivity index (χ0v) is 11.8. The zero-order chi connectivity index (χ0) is 13.9. The summed E-state index contributed by atoms with van der Waals surface area (Å²) < 4.78 is 10.7. The summed E-state index contributed by atoms with van der Waals surface area (Å²) in [5.41, 5.74) is 1.19. The second-order valence-electron chi connectivity index (χ2n) is 4.36. The zero-order valence-electron chi connectivity index (χ0n) is 11.8. The molecule has 19 heavy (non-hydrogen) atoms. The Morgan fingerprint density at radius 2 is 1.68 bits per heavy atom. The van der Waals surface area contributed by atoms with Crippen LogP contribution < -0.4 is 5.32 Å². The van der Waals surface area contributed by atoms with Gasteiger partial charge in [-0.25, -0.2) is 0 Å². The summed E-state index contributed by atoms with van der Waals surface area (Å²) in [6.45, 7) is 6.64. The third-order valence-electron chi connectivity index (χ3n) is 2.87. The van der Waals surface area contributed by atoms with Gasteiger partial charge in [-0.05, 0) is 19.4 Å². The molecule has 0 saturated heterocycles. The molecule has 0 radical (unpaired) electrons. The average molecular weight is 267 g/mol. The van der Waals surface area contributed by atoms with Crippen LogP contribution in [0, 0.1) is 0 Å². The third-order valence-corrected chi connectivity index (χ3v) is 2.87. The lowest BCUT2D eigenvalue weighted by molar-refractivity contribution is -0.00453. The van der Waals surface area contributed by atoms with E-state index in [4.69, 9.17) is 9.47 Å². The van der Waals surface area contributed by atoms with Gasteiger partial charge in [-0.1, -0.05) is 30.3 Å². The van der Waals surface area contributed by atoms with Gasteiger partial charge in [-0.2, -0.15) is 0 Å². The van der Waals surface area contributed by atoms with Crippen LogP contribution in [-0.2, 0) is 16.0 Å². The van der Waals surface area contributed by atoms with Gasteiger partial charge in [0, 0.05) is 19.8 Å². The van der Waals surface area contributed by atoms with Gasteiger partial charge in [0.05, 0.1) is 25.4 Å². The molecule has 0 amide bonds. The predicted molar refractivity (Wildman–Crippen MR) is 76.1 cm³/mol. The van der Waals surface area contributed by atoms with Gasteiger partial charge in [0.1, 0.15) is 0 Å². The van der Waals surface area contributed by atoms with Crippen LogP contribution in [0.1, 0.15) is 19.4 Å². The molecule has 108 valence electrons. The van der Waals surface area contributed by atoms with Crippen LogP contribution in [0.4, 0.5) is 0 Å². The summed E-state index contributed by atoms with van der Waals surface area (Å²) in [5, 5.41) is 13.4. The quantitative estimate of drug-likeness (QED) is 0.676. The lowest BCUT2D eigenvalue weighted by atomic mass is 10.1. The van der Waals surface area contributed by atoms with Crippen molar-refractivity contribution in [1.82, 2.24) is 5.32 Å². The van der Waals surface area contributed by atoms with Gasteiger partial charge in [0.15, 0.2) is 0 Å². The summed E-state index contributed by atoms with van der Waals surface area (Å²) >= 11 is 0. The fourth-order valence-corrected chi connectivity index (χ4v) is 1.75. The van der Waals surface area contributed by atoms with Gasteiger partial charge in [0.2, 0.25) is 0 Å². The molecule has 1 rings (SSSR count). The minimum absolute atomic E-state index is 0.119. The molecule has 0 aliphatic rings. The van der Waals surface area contributed by atoms with Crippen molar-refractivity contribution in [3.63, 3.8) is 0 Å². The van der Waals surface area contributed by atoms with Crippen LogP contribution in [0.3, 0.4) is 0 Å². The number of ether oxygens (including phenoxy) is 2. The van der Waals surface area contributed by atoms with Crippen LogP contribution in [0.5, 0.6) is 0 Å². The van der Waals surface area contributed by atoms with Gasteiger partial charge < -0.3 is 19.9 Å². The standard InChI is InChI=1S/C15H25NO3/c1-3-18-11-14(15(17)12-19-4-2)16-10-13-8-6-5-7-9-13/h5-9,14-17H,3-4,10-12H2,1-2H3/t14-,15-/m1/s1. The van der Waals surface area contributed by atoms with E-state index in [-0.39, 0.29) is 6.04 Å². The topological polar surface area (TPSA) is 50.7 Å². The molecule has 0 aromatic heterocycles. The maximum atomic E-state index is 10.1. The fourth-order valence-electron chi connectivity index (χ4n) is 1.75. The van der Waals surface area contributed by atoms with Gasteiger partial charge in [0.25, 0.3) is 0 Å². The first kappa shape index (κ1) is 16.1. The molecule has 0 bridgehead atoms. The van der Waals surface area contributed by atoms with Crippen molar-refractivity contribution in [2.75, 3.05) is 26.4 Å². The average Bonchev–Trinajstić information content (AvgIpc) is 2.46. The first-order valence-corrected chi connectivity index (χ1v) is 6.88. The fraction of sp³-hybridized carbons (Fsp3) is 0.600. The number of hydrogen-bond donors (Lipinski definition) is 2. The van der Waals surface area contributed by atoms with Crippen molar-refractivity contribution in [3.8, 4) is 0 Å². The summed E-state index contributed by atoms with van der Waals surface area (Å²) in [7, 11) is 0. The van der Waals surface area contributed by atoms with E-state index < -0.39 is 6.10 Å². The highest BCUT2D eigenvalue weighted by molar-refractivity contribution is 5.14. The summed E-state index contributed by atoms with van der Waals surface area (Å²) in [6, 6.07) is 9.99. The highest BCUT2D eigenvalue weighted by Gasteiger charge is 2.18. The number of rotatable bonds is 10. The number of aliphatic hydroxyl groups is 1. The first-order chi connectivity index (χ1) is 9.27. The van der Waals surface area contributed by atoms with Crippen molar-refractivity contribution >= 4 is 0 Å². The van der Waals surface area contributed by atoms with Crippen LogP contribution in [-0.4, -0.2) is 43.7 Å². The highest BCUT2D eigenvalue weighted by Crippen LogP contribution is 2.02. The second-order valence-corrected chi connectivity index (χ2v) is 4.36. The molecule has 1 aromatic rings. The van der Waals surface area contributed by atoms with Crippen molar-refractivity contribution < 1.29 is 14.6 Å². The number of benzene rings is 1. The third kappa shape index (κ3) is 6.68. The highest BCUT2D eigenvalue weighted by atomic mass is 16.5. The summed E-state index contributed by atoms with van der Waals surface area (Å²) in [4.78, 5) is 0. The first-order valence-electron chi connectivity index (χ1n) is 6.88. The van der Waals surface area contributed by atoms with E-state index in [0.717, 1.165) is 0 Å². The molecule has 0 spiro atoms. The lowest BCUT2D eigenvalue weighted by Crippen LogP contribution is -2.45. The molecular weight excluding hydrogens is 242 g/mol. The SMILES string of the molecule is CCOC[C@@H](O)[C@@H](COCC)NCc1ccccc1. The van der Waals surface area contributed by atoms with E-state index in [1.807, 2.05) is 32.0 Å². The van der Waals surface area contributed by atoms with E-state index in [9.17, 15) is 5.11 Å². The molecule has 4 heteroatoms. The maximum Gasteiger partial charge on any atom is 0.0948 e. The van der Waals surface area contributed by atoms with E-state index in [1.165, 1.54) is 5.56 Å². The monoisotopic (exact) mass is 267 g/mol. The Kier molecular flexibility index (Phi) is 8.41. The minimum Gasteiger partial charge on any atom is -0.389 e. The molecule has 0 aliphatic heterocycles. The number of nitrogens with one attached hydrogen (secondary N) is 1. The second kappa shape index (κ2) is 9.92. The van der Waals surface area contributed by atoms with Crippen LogP contribution in [0.25, 0.3) is 0 Å². The van der Waals surface area contributed by atoms with Crippen molar-refractivity contribution in [2.45, 2.75) is 32.5 Å². The van der Waals surface area contributed by atoms with Crippen LogP contribution in [0.15, 0.2) is 30.3 Å². The predicted octanol–water partition coefficient (Wildman–Crippen LogP) is 1.58. The van der Waals surface area contributed by atoms with Crippen molar-refractivity contribution in [1.29, 1.82) is 0 Å². The molecule has 0 unspecified atom stereocenters. The van der Waals surface area contributed by atoms with Gasteiger partial charge in [-0.3, -0.25) is 0 Å². The Labute approximate surface area is 115 Å². The van der Waals surface area contributed by atoms with Crippen LogP contribution >= 0.6 is 0 Å². The minimum atomic E-state index is -0.560. The van der Waals surface area contributed by atoms with E-state index in [1.54, 1.807) is 0 Å². The molecule has 0 saturated carbocycles. The Bertz CT molecular complexity index is 318.